The zero-order valence-corrected chi connectivity index (χ0v) is 12.8. The number of likely N-dealkylation sites (N-methyl/N-ethyl adjacent to an activating group) is 1. The quantitative estimate of drug-likeness (QED) is 0.576. The van der Waals surface area contributed by atoms with E-state index in [0.29, 0.717) is 32.3 Å². The van der Waals surface area contributed by atoms with Gasteiger partial charge in [0.15, 0.2) is 0 Å². The van der Waals surface area contributed by atoms with Gasteiger partial charge in [-0.1, -0.05) is 12.8 Å². The Morgan fingerprint density at radius 2 is 2.00 bits per heavy atom. The fraction of sp³-hybridized carbons (Fsp3) is 0.857. The molecule has 0 bridgehead atoms. The van der Waals surface area contributed by atoms with Gasteiger partial charge in [-0.25, -0.2) is 9.59 Å². The van der Waals surface area contributed by atoms with Crippen LogP contribution in [0.25, 0.3) is 0 Å². The Hall–Kier alpha value is -1.34. The number of amides is 2. The lowest BCUT2D eigenvalue weighted by Crippen LogP contribution is -2.50. The summed E-state index contributed by atoms with van der Waals surface area (Å²) in [5.74, 6) is -1.06. The molecule has 1 unspecified atom stereocenters. The molecule has 0 aromatic rings. The normalized spacial score (nSPS) is 18.2. The van der Waals surface area contributed by atoms with Crippen LogP contribution in [-0.2, 0) is 9.53 Å². The van der Waals surface area contributed by atoms with Crippen molar-refractivity contribution in [2.24, 2.45) is 0 Å². The van der Waals surface area contributed by atoms with E-state index in [-0.39, 0.29) is 6.54 Å². The van der Waals surface area contributed by atoms with Crippen LogP contribution in [0.2, 0.25) is 0 Å². The number of aliphatic carboxylic acids is 1. The molecule has 0 radical (unpaired) electrons. The van der Waals surface area contributed by atoms with Crippen molar-refractivity contribution in [3.8, 4) is 0 Å². The molecule has 1 aliphatic rings. The first kappa shape index (κ1) is 17.7. The number of carbonyl (C=O) groups is 2. The third-order valence-electron chi connectivity index (χ3n) is 3.85. The monoisotopic (exact) mass is 302 g/mol. The molecule has 122 valence electrons. The van der Waals surface area contributed by atoms with Crippen LogP contribution in [0.15, 0.2) is 0 Å². The van der Waals surface area contributed by atoms with E-state index in [2.05, 4.69) is 5.32 Å². The number of aliphatic hydroxyl groups is 1. The average molecular weight is 302 g/mol. The molecule has 0 aromatic heterocycles. The minimum absolute atomic E-state index is 0.225. The summed E-state index contributed by atoms with van der Waals surface area (Å²) < 4.78 is 4.88. The van der Waals surface area contributed by atoms with E-state index in [1.807, 2.05) is 0 Å². The predicted octanol–water partition coefficient (Wildman–Crippen LogP) is 0.813. The van der Waals surface area contributed by atoms with Crippen molar-refractivity contribution in [3.63, 3.8) is 0 Å². The second kappa shape index (κ2) is 8.19. The number of hydrogen-bond acceptors (Lipinski definition) is 4. The van der Waals surface area contributed by atoms with Crippen LogP contribution in [0, 0.1) is 0 Å². The van der Waals surface area contributed by atoms with Crippen LogP contribution >= 0.6 is 0 Å². The van der Waals surface area contributed by atoms with Gasteiger partial charge >= 0.3 is 12.0 Å². The second-order valence-corrected chi connectivity index (χ2v) is 5.76. The first-order valence-corrected chi connectivity index (χ1v) is 7.34. The molecule has 0 heterocycles. The van der Waals surface area contributed by atoms with Gasteiger partial charge in [0.2, 0.25) is 0 Å². The van der Waals surface area contributed by atoms with Crippen LogP contribution in [0.4, 0.5) is 4.79 Å². The first-order valence-electron chi connectivity index (χ1n) is 7.34. The number of nitrogens with one attached hydrogen (secondary N) is 1. The fourth-order valence-electron chi connectivity index (χ4n) is 2.65. The molecular formula is C14H26N2O5. The zero-order chi connectivity index (χ0) is 15.9. The third kappa shape index (κ3) is 5.89. The summed E-state index contributed by atoms with van der Waals surface area (Å²) in [5, 5.41) is 21.9. The molecule has 1 fully saturated rings. The van der Waals surface area contributed by atoms with Crippen molar-refractivity contribution in [3.05, 3.63) is 0 Å². The van der Waals surface area contributed by atoms with Crippen LogP contribution in [0.3, 0.4) is 0 Å². The molecular weight excluding hydrogens is 276 g/mol. The Bertz CT molecular complexity index is 355. The molecule has 7 nitrogen and oxygen atoms in total. The molecule has 1 aliphatic carbocycles. The lowest BCUT2D eigenvalue weighted by atomic mass is 10.0. The summed E-state index contributed by atoms with van der Waals surface area (Å²) in [6.07, 6.45) is 4.15. The summed E-state index contributed by atoms with van der Waals surface area (Å²) in [4.78, 5) is 24.5. The highest BCUT2D eigenvalue weighted by atomic mass is 16.5. The Kier molecular flexibility index (Phi) is 6.91. The predicted molar refractivity (Wildman–Crippen MR) is 77.1 cm³/mol. The van der Waals surface area contributed by atoms with Gasteiger partial charge < -0.3 is 25.2 Å². The lowest BCUT2D eigenvalue weighted by molar-refractivity contribution is -0.139. The number of carboxylic acid groups (broad SMARTS) is 1. The van der Waals surface area contributed by atoms with Crippen molar-refractivity contribution in [1.82, 2.24) is 10.2 Å². The van der Waals surface area contributed by atoms with Crippen molar-refractivity contribution in [2.75, 3.05) is 27.3 Å². The van der Waals surface area contributed by atoms with E-state index in [0.717, 1.165) is 12.8 Å². The largest absolute Gasteiger partial charge is 0.480 e. The van der Waals surface area contributed by atoms with Gasteiger partial charge in [0.05, 0.1) is 12.1 Å². The molecule has 0 aromatic carbocycles. The van der Waals surface area contributed by atoms with Gasteiger partial charge in [0, 0.05) is 20.8 Å². The molecule has 0 spiro atoms. The van der Waals surface area contributed by atoms with Crippen LogP contribution in [-0.4, -0.2) is 66.1 Å². The number of nitrogens with zero attached hydrogens (tertiary/aromatic N) is 1. The summed E-state index contributed by atoms with van der Waals surface area (Å²) in [5.41, 5.74) is -0.832. The highest BCUT2D eigenvalue weighted by Crippen LogP contribution is 2.29. The number of ether oxygens (including phenoxy) is 1. The minimum Gasteiger partial charge on any atom is -0.480 e. The fourth-order valence-corrected chi connectivity index (χ4v) is 2.65. The average Bonchev–Trinajstić information content (AvgIpc) is 2.83. The number of carbonyl (C=O) groups excluding carboxylic acids is 1. The summed E-state index contributed by atoms with van der Waals surface area (Å²) in [6.45, 7) is 0.679. The van der Waals surface area contributed by atoms with Gasteiger partial charge in [0.25, 0.3) is 0 Å². The van der Waals surface area contributed by atoms with Gasteiger partial charge in [-0.05, 0) is 25.7 Å². The first-order chi connectivity index (χ1) is 9.88. The Balaban J connectivity index is 2.45. The number of rotatable bonds is 8. The second-order valence-electron chi connectivity index (χ2n) is 5.76. The summed E-state index contributed by atoms with van der Waals surface area (Å²) >= 11 is 0. The highest BCUT2D eigenvalue weighted by molar-refractivity contribution is 5.82. The van der Waals surface area contributed by atoms with Gasteiger partial charge in [-0.3, -0.25) is 0 Å². The van der Waals surface area contributed by atoms with Gasteiger partial charge in [-0.15, -0.1) is 0 Å². The molecule has 21 heavy (non-hydrogen) atoms. The molecule has 2 amide bonds. The zero-order valence-electron chi connectivity index (χ0n) is 12.8. The maximum atomic E-state index is 12.0. The van der Waals surface area contributed by atoms with Crippen molar-refractivity contribution < 1.29 is 24.5 Å². The minimum atomic E-state index is -1.06. The smallest absolute Gasteiger partial charge is 0.326 e. The maximum absolute atomic E-state index is 12.0. The number of carboxylic acids is 1. The van der Waals surface area contributed by atoms with Crippen molar-refractivity contribution in [2.45, 2.75) is 50.2 Å². The molecule has 1 saturated carbocycles. The van der Waals surface area contributed by atoms with Crippen LogP contribution in [0.1, 0.15) is 38.5 Å². The Morgan fingerprint density at radius 1 is 1.38 bits per heavy atom. The van der Waals surface area contributed by atoms with E-state index in [1.165, 1.54) is 4.90 Å². The molecule has 1 rings (SSSR count). The summed E-state index contributed by atoms with van der Waals surface area (Å²) in [7, 11) is 3.12. The number of hydrogen-bond donors (Lipinski definition) is 3. The Morgan fingerprint density at radius 3 is 2.52 bits per heavy atom. The topological polar surface area (TPSA) is 99.1 Å². The van der Waals surface area contributed by atoms with Crippen molar-refractivity contribution in [1.29, 1.82) is 0 Å². The van der Waals surface area contributed by atoms with E-state index in [1.54, 1.807) is 14.2 Å². The maximum Gasteiger partial charge on any atom is 0.326 e. The molecule has 7 heteroatoms. The van der Waals surface area contributed by atoms with Crippen LogP contribution in [0.5, 0.6) is 0 Å². The van der Waals surface area contributed by atoms with Gasteiger partial charge in [-0.2, -0.15) is 0 Å². The lowest BCUT2D eigenvalue weighted by Gasteiger charge is -2.29. The molecule has 3 N–H and O–H groups in total. The number of methoxy groups -OCH3 is 1. The van der Waals surface area contributed by atoms with E-state index in [4.69, 9.17) is 9.84 Å². The SMILES string of the molecule is COCCCC(NC(=O)N(C)CC1(O)CCCC1)C(=O)O. The van der Waals surface area contributed by atoms with E-state index < -0.39 is 23.6 Å². The number of urea groups is 1. The Labute approximate surface area is 125 Å². The summed E-state index contributed by atoms with van der Waals surface area (Å²) in [6, 6.07) is -1.41. The van der Waals surface area contributed by atoms with Gasteiger partial charge in [0.1, 0.15) is 6.04 Å². The van der Waals surface area contributed by atoms with E-state index >= 15 is 0 Å². The van der Waals surface area contributed by atoms with E-state index in [9.17, 15) is 14.7 Å². The highest BCUT2D eigenvalue weighted by Gasteiger charge is 2.34. The van der Waals surface area contributed by atoms with Crippen LogP contribution < -0.4 is 5.32 Å². The third-order valence-corrected chi connectivity index (χ3v) is 3.85. The van der Waals surface area contributed by atoms with Crippen molar-refractivity contribution >= 4 is 12.0 Å². The molecule has 0 saturated heterocycles. The standard InChI is InChI=1S/C14H26N2O5/c1-16(10-14(20)7-3-4-8-14)13(19)15-11(12(17)18)6-5-9-21-2/h11,20H,3-10H2,1-2H3,(H,15,19)(H,17,18). The molecule has 0 aliphatic heterocycles. The molecule has 1 atom stereocenters.